The molecule has 0 unspecified atom stereocenters. The Labute approximate surface area is 817 Å². The summed E-state index contributed by atoms with van der Waals surface area (Å²) >= 11 is 25.3. The minimum atomic E-state index is 0.171. The summed E-state index contributed by atoms with van der Waals surface area (Å²) in [6, 6.07) is 162. The molecule has 0 amide bonds. The van der Waals surface area contributed by atoms with Gasteiger partial charge in [0.25, 0.3) is 0 Å². The van der Waals surface area contributed by atoms with Gasteiger partial charge in [-0.3, -0.25) is 0 Å². The molecule has 0 spiro atoms. The highest BCUT2D eigenvalue weighted by Gasteiger charge is 2.22. The molecule has 0 saturated heterocycles. The van der Waals surface area contributed by atoms with Gasteiger partial charge in [-0.2, -0.15) is 39.9 Å². The molecule has 138 heavy (non-hydrogen) atoms. The summed E-state index contributed by atoms with van der Waals surface area (Å²) in [4.78, 5) is 54.3. The maximum atomic E-state index is 6.42. The van der Waals surface area contributed by atoms with Crippen LogP contribution in [-0.4, -0.2) is 59.8 Å². The molecule has 4 heterocycles. The summed E-state index contributed by atoms with van der Waals surface area (Å²) in [6.07, 6.45) is 0. The molecule has 0 N–H and O–H groups in total. The van der Waals surface area contributed by atoms with Crippen LogP contribution in [0.3, 0.4) is 0 Å². The molecular weight excluding hydrogens is 1780 g/mol. The SMILES string of the molecule is Clc1nc(-c2ccc(-c3ccccc3)cc2)nc(-c2ccc3c(-c4ccccc4)cccc3c2)n1.Clc1nc(-c2cccc(-c3ccccc3)c2)nc(-c2cc(-c3ccccc3)c3ccccc3c2)n1.Clc1nc(-c2ccccc2)nc(-c2ccc(-c3c4ccccc4c(-c4ccccc4)c4ccccc34)cc2)n1.Clc1nc(-c2ccccc2)nc(-c2ccc(-c3ccccc3)c3ccccc23)n1. The quantitative estimate of drug-likeness (QED) is 0.0897. The molecule has 654 valence electrons. The fourth-order valence-electron chi connectivity index (χ4n) is 17.6. The van der Waals surface area contributed by atoms with E-state index in [1.165, 1.54) is 76.8 Å². The number of benzene rings is 20. The molecule has 0 aliphatic heterocycles. The van der Waals surface area contributed by atoms with Crippen LogP contribution in [0.1, 0.15) is 0 Å². The first-order chi connectivity index (χ1) is 68.0. The van der Waals surface area contributed by atoms with Crippen LogP contribution in [0.25, 0.3) is 223 Å². The van der Waals surface area contributed by atoms with E-state index in [9.17, 15) is 0 Å². The van der Waals surface area contributed by atoms with Crippen LogP contribution in [0.15, 0.2) is 473 Å². The van der Waals surface area contributed by atoms with E-state index in [1.54, 1.807) is 0 Å². The summed E-state index contributed by atoms with van der Waals surface area (Å²) < 4.78 is 0. The number of hydrogen-bond acceptors (Lipinski definition) is 12. The second-order valence-corrected chi connectivity index (χ2v) is 34.1. The standard InChI is InChI=1S/C35H22ClN3.2C31H20ClN3.C25H16ClN3/c36-35-38-33(25-13-5-2-6-14-25)37-34(39-35)26-21-19-24(20-22-26)32-29-17-9-7-15-27(29)31(23-11-3-1-4-12-23)28-16-8-10-18-30(28)32;32-31-34-29(25-16-9-15-23(18-25)21-10-3-1-4-11-21)33-30(35-31)26-19-24-14-7-8-17-27(24)28(20-26)22-12-5-2-6-13-22;32-31-34-29(24-16-14-22(15-17-24)21-8-3-1-4-9-21)33-30(35-31)26-18-19-28-25(20-26)12-7-13-27(28)23-10-5-2-6-11-23;26-25-28-23(18-11-5-2-6-12-18)27-24(29-25)22-16-15-19(17-9-3-1-4-10-17)20-13-7-8-14-21(20)22/h1-22H;2*1-20H;1-16H. The molecule has 0 fully saturated rings. The van der Waals surface area contributed by atoms with E-state index in [0.717, 1.165) is 99.4 Å². The van der Waals surface area contributed by atoms with Crippen LogP contribution in [0.2, 0.25) is 21.1 Å². The number of rotatable bonds is 15. The minimum Gasteiger partial charge on any atom is -0.208 e. The molecule has 0 aliphatic rings. The Balaban J connectivity index is 0.000000110. The predicted molar refractivity (Wildman–Crippen MR) is 568 cm³/mol. The highest BCUT2D eigenvalue weighted by Crippen LogP contribution is 2.46. The van der Waals surface area contributed by atoms with Crippen molar-refractivity contribution in [1.29, 1.82) is 0 Å². The first kappa shape index (κ1) is 87.5. The van der Waals surface area contributed by atoms with Crippen LogP contribution in [0, 0.1) is 0 Å². The lowest BCUT2D eigenvalue weighted by atomic mass is 9.86. The Morgan fingerprint density at radius 2 is 0.355 bits per heavy atom. The molecule has 0 bridgehead atoms. The van der Waals surface area contributed by atoms with E-state index in [0.29, 0.717) is 46.6 Å². The lowest BCUT2D eigenvalue weighted by Crippen LogP contribution is -1.98. The molecule has 12 nitrogen and oxygen atoms in total. The van der Waals surface area contributed by atoms with Gasteiger partial charge in [-0.25, -0.2) is 19.9 Å². The van der Waals surface area contributed by atoms with Crippen LogP contribution < -0.4 is 0 Å². The summed E-state index contributed by atoms with van der Waals surface area (Å²) in [5.41, 5.74) is 23.6. The predicted octanol–water partition coefficient (Wildman–Crippen LogP) is 32.9. The zero-order valence-electron chi connectivity index (χ0n) is 73.9. The van der Waals surface area contributed by atoms with E-state index in [1.807, 2.05) is 164 Å². The Hall–Kier alpha value is -17.1. The third-order valence-electron chi connectivity index (χ3n) is 24.1. The smallest absolute Gasteiger partial charge is 0.208 e. The second-order valence-electron chi connectivity index (χ2n) is 32.7. The Bertz CT molecular complexity index is 8470. The maximum Gasteiger partial charge on any atom is 0.226 e. The molecule has 16 heteroatoms. The van der Waals surface area contributed by atoms with E-state index < -0.39 is 0 Å². The Morgan fingerprint density at radius 3 is 0.804 bits per heavy atom. The van der Waals surface area contributed by atoms with Gasteiger partial charge in [0.2, 0.25) is 21.1 Å². The maximum absolute atomic E-state index is 6.42. The first-order valence-electron chi connectivity index (χ1n) is 45.0. The third kappa shape index (κ3) is 19.3. The number of nitrogens with zero attached hydrogens (tertiary/aromatic N) is 12. The number of hydrogen-bond donors (Lipinski definition) is 0. The molecule has 24 rings (SSSR count). The van der Waals surface area contributed by atoms with Gasteiger partial charge in [-0.05, 0) is 208 Å². The molecule has 0 radical (unpaired) electrons. The lowest BCUT2D eigenvalue weighted by molar-refractivity contribution is 1.07. The van der Waals surface area contributed by atoms with Gasteiger partial charge in [-0.15, -0.1) is 0 Å². The van der Waals surface area contributed by atoms with Gasteiger partial charge in [0.15, 0.2) is 46.6 Å². The molecule has 4 aromatic heterocycles. The number of halogens is 4. The summed E-state index contributed by atoms with van der Waals surface area (Å²) in [5.74, 6) is 4.45. The molecule has 20 aromatic carbocycles. The average molecular weight is 1850 g/mol. The Morgan fingerprint density at radius 1 is 0.116 bits per heavy atom. The van der Waals surface area contributed by atoms with E-state index in [-0.39, 0.29) is 21.1 Å². The third-order valence-corrected chi connectivity index (χ3v) is 24.8. The second kappa shape index (κ2) is 40.4. The van der Waals surface area contributed by atoms with Gasteiger partial charge < -0.3 is 0 Å². The van der Waals surface area contributed by atoms with Crippen LogP contribution in [0.5, 0.6) is 0 Å². The van der Waals surface area contributed by atoms with Crippen molar-refractivity contribution in [2.45, 2.75) is 0 Å². The van der Waals surface area contributed by atoms with E-state index in [4.69, 9.17) is 66.3 Å². The Kier molecular flexibility index (Phi) is 25.6. The minimum absolute atomic E-state index is 0.171. The molecule has 0 aliphatic carbocycles. The fourth-order valence-corrected chi connectivity index (χ4v) is 18.2. The highest BCUT2D eigenvalue weighted by atomic mass is 35.5. The monoisotopic (exact) mass is 1850 g/mol. The summed E-state index contributed by atoms with van der Waals surface area (Å²) in [7, 11) is 0. The van der Waals surface area contributed by atoms with Gasteiger partial charge >= 0.3 is 0 Å². The van der Waals surface area contributed by atoms with Crippen molar-refractivity contribution in [1.82, 2.24) is 59.8 Å². The van der Waals surface area contributed by atoms with Crippen molar-refractivity contribution in [3.63, 3.8) is 0 Å². The van der Waals surface area contributed by atoms with Crippen molar-refractivity contribution in [2.75, 3.05) is 0 Å². The molecule has 0 saturated carbocycles. The van der Waals surface area contributed by atoms with Gasteiger partial charge in [0.05, 0.1) is 0 Å². The summed E-state index contributed by atoms with van der Waals surface area (Å²) in [6.45, 7) is 0. The van der Waals surface area contributed by atoms with Crippen molar-refractivity contribution >= 4 is 100 Å². The molecule has 0 atom stereocenters. The van der Waals surface area contributed by atoms with Crippen molar-refractivity contribution in [3.8, 4) is 169 Å². The van der Waals surface area contributed by atoms with Gasteiger partial charge in [-0.1, -0.05) is 443 Å². The van der Waals surface area contributed by atoms with Crippen molar-refractivity contribution < 1.29 is 0 Å². The zero-order chi connectivity index (χ0) is 93.0. The lowest BCUT2D eigenvalue weighted by Gasteiger charge is -2.17. The summed E-state index contributed by atoms with van der Waals surface area (Å²) in [5, 5.41) is 12.4. The van der Waals surface area contributed by atoms with Crippen molar-refractivity contribution in [2.24, 2.45) is 0 Å². The topological polar surface area (TPSA) is 155 Å². The first-order valence-corrected chi connectivity index (χ1v) is 46.5. The normalized spacial score (nSPS) is 11.0. The number of aromatic nitrogens is 12. The van der Waals surface area contributed by atoms with Gasteiger partial charge in [0, 0.05) is 44.5 Å². The molecular formula is C122H78Cl4N12. The van der Waals surface area contributed by atoms with Crippen LogP contribution in [0.4, 0.5) is 0 Å². The molecule has 24 aromatic rings. The number of fused-ring (bicyclic) bond motifs is 5. The zero-order valence-corrected chi connectivity index (χ0v) is 76.9. The van der Waals surface area contributed by atoms with Gasteiger partial charge in [0.1, 0.15) is 0 Å². The largest absolute Gasteiger partial charge is 0.226 e. The van der Waals surface area contributed by atoms with Crippen molar-refractivity contribution in [3.05, 3.63) is 494 Å². The van der Waals surface area contributed by atoms with Crippen LogP contribution in [-0.2, 0) is 0 Å². The van der Waals surface area contributed by atoms with E-state index >= 15 is 0 Å². The average Bonchev–Trinajstić information content (AvgIpc) is 0.732. The fraction of sp³-hybridized carbons (Fsp3) is 0. The van der Waals surface area contributed by atoms with Crippen LogP contribution >= 0.6 is 46.4 Å². The highest BCUT2D eigenvalue weighted by molar-refractivity contribution is 6.29. The van der Waals surface area contributed by atoms with E-state index in [2.05, 4.69) is 349 Å².